The molecule has 0 N–H and O–H groups in total. The minimum Gasteiger partial charge on any atom is -0.481 e. The van der Waals surface area contributed by atoms with E-state index in [2.05, 4.69) is 22.9 Å². The fraction of sp³-hybridized carbons (Fsp3) is 0.308. The van der Waals surface area contributed by atoms with Gasteiger partial charge in [0.1, 0.15) is 11.6 Å². The maximum atomic E-state index is 14.4. The summed E-state index contributed by atoms with van der Waals surface area (Å²) < 4.78 is 34.3. The van der Waals surface area contributed by atoms with Gasteiger partial charge in [0.25, 0.3) is 0 Å². The standard InChI is InChI=1S/C26H25F2N3O/c1-16-10-12-31(13-11-16)26-29-23(15-24(30-26)32-2)19-9-8-17-6-7-18(14-20(17)19)25-21(27)4-3-5-22(25)28/h3-7,9,14-16H,8,10-13H2,1-2H3. The minimum absolute atomic E-state index is 0.00931. The number of piperidine rings is 1. The first kappa shape index (κ1) is 20.6. The average molecular weight is 434 g/mol. The van der Waals surface area contributed by atoms with Gasteiger partial charge in [-0.05, 0) is 60.1 Å². The van der Waals surface area contributed by atoms with Crippen molar-refractivity contribution in [2.75, 3.05) is 25.1 Å². The molecule has 0 radical (unpaired) electrons. The second-order valence-corrected chi connectivity index (χ2v) is 8.56. The molecule has 1 aromatic heterocycles. The number of hydrogen-bond acceptors (Lipinski definition) is 4. The third kappa shape index (κ3) is 3.74. The highest BCUT2D eigenvalue weighted by Crippen LogP contribution is 2.37. The average Bonchev–Trinajstić information content (AvgIpc) is 3.22. The van der Waals surface area contributed by atoms with Crippen molar-refractivity contribution >= 4 is 11.5 Å². The van der Waals surface area contributed by atoms with Crippen LogP contribution in [-0.2, 0) is 6.42 Å². The third-order valence-corrected chi connectivity index (χ3v) is 6.42. The van der Waals surface area contributed by atoms with Gasteiger partial charge in [0, 0.05) is 24.7 Å². The molecular formula is C26H25F2N3O. The maximum Gasteiger partial charge on any atom is 0.229 e. The van der Waals surface area contributed by atoms with Gasteiger partial charge in [0.15, 0.2) is 0 Å². The van der Waals surface area contributed by atoms with E-state index >= 15 is 0 Å². The van der Waals surface area contributed by atoms with Gasteiger partial charge >= 0.3 is 0 Å². The molecule has 0 saturated carbocycles. The Bertz CT molecular complexity index is 1180. The molecule has 0 amide bonds. The summed E-state index contributed by atoms with van der Waals surface area (Å²) in [7, 11) is 1.60. The predicted octanol–water partition coefficient (Wildman–Crippen LogP) is 5.65. The zero-order chi connectivity index (χ0) is 22.2. The van der Waals surface area contributed by atoms with E-state index in [1.54, 1.807) is 13.2 Å². The summed E-state index contributed by atoms with van der Waals surface area (Å²) in [4.78, 5) is 11.7. The molecular weight excluding hydrogens is 408 g/mol. The smallest absolute Gasteiger partial charge is 0.229 e. The molecule has 32 heavy (non-hydrogen) atoms. The number of halogens is 2. The van der Waals surface area contributed by atoms with Gasteiger partial charge < -0.3 is 9.64 Å². The summed E-state index contributed by atoms with van der Waals surface area (Å²) in [5.41, 5.74) is 4.24. The second kappa shape index (κ2) is 8.34. The van der Waals surface area contributed by atoms with Crippen molar-refractivity contribution in [3.8, 4) is 17.0 Å². The Hall–Kier alpha value is -3.28. The first-order valence-electron chi connectivity index (χ1n) is 11.0. The van der Waals surface area contributed by atoms with Gasteiger partial charge in [-0.2, -0.15) is 4.98 Å². The van der Waals surface area contributed by atoms with E-state index in [9.17, 15) is 8.78 Å². The number of aromatic nitrogens is 2. The quantitative estimate of drug-likeness (QED) is 0.533. The third-order valence-electron chi connectivity index (χ3n) is 6.42. The molecule has 4 nitrogen and oxygen atoms in total. The van der Waals surface area contributed by atoms with Crippen LogP contribution in [0.5, 0.6) is 5.88 Å². The number of rotatable bonds is 4. The normalized spacial score (nSPS) is 16.1. The molecule has 1 aliphatic heterocycles. The van der Waals surface area contributed by atoms with Crippen molar-refractivity contribution < 1.29 is 13.5 Å². The van der Waals surface area contributed by atoms with E-state index in [4.69, 9.17) is 9.72 Å². The Morgan fingerprint density at radius 1 is 1.00 bits per heavy atom. The number of methoxy groups -OCH3 is 1. The minimum atomic E-state index is -0.571. The lowest BCUT2D eigenvalue weighted by molar-refractivity contribution is 0.393. The van der Waals surface area contributed by atoms with Crippen LogP contribution >= 0.6 is 0 Å². The lowest BCUT2D eigenvalue weighted by atomic mass is 9.96. The molecule has 164 valence electrons. The van der Waals surface area contributed by atoms with Crippen LogP contribution in [0, 0.1) is 17.6 Å². The maximum absolute atomic E-state index is 14.4. The summed E-state index contributed by atoms with van der Waals surface area (Å²) in [6.07, 6.45) is 5.07. The van der Waals surface area contributed by atoms with E-state index in [0.717, 1.165) is 54.7 Å². The van der Waals surface area contributed by atoms with Gasteiger partial charge in [0.2, 0.25) is 11.8 Å². The van der Waals surface area contributed by atoms with Gasteiger partial charge in [-0.25, -0.2) is 13.8 Å². The lowest BCUT2D eigenvalue weighted by Crippen LogP contribution is -2.34. The summed E-state index contributed by atoms with van der Waals surface area (Å²) in [5, 5.41) is 0. The van der Waals surface area contributed by atoms with Crippen LogP contribution in [0.3, 0.4) is 0 Å². The highest BCUT2D eigenvalue weighted by atomic mass is 19.1. The van der Waals surface area contributed by atoms with Gasteiger partial charge in [-0.15, -0.1) is 0 Å². The highest BCUT2D eigenvalue weighted by Gasteiger charge is 2.23. The van der Waals surface area contributed by atoms with Crippen molar-refractivity contribution in [2.24, 2.45) is 5.92 Å². The topological polar surface area (TPSA) is 38.2 Å². The van der Waals surface area contributed by atoms with E-state index in [1.807, 2.05) is 18.2 Å². The van der Waals surface area contributed by atoms with Crippen LogP contribution in [-0.4, -0.2) is 30.2 Å². The predicted molar refractivity (Wildman–Crippen MR) is 122 cm³/mol. The van der Waals surface area contributed by atoms with Gasteiger partial charge in [-0.3, -0.25) is 0 Å². The van der Waals surface area contributed by atoms with Crippen molar-refractivity contribution in [2.45, 2.75) is 26.2 Å². The summed E-state index contributed by atoms with van der Waals surface area (Å²) in [6.45, 7) is 4.10. The summed E-state index contributed by atoms with van der Waals surface area (Å²) >= 11 is 0. The molecule has 6 heteroatoms. The van der Waals surface area contributed by atoms with Crippen molar-refractivity contribution in [1.29, 1.82) is 0 Å². The largest absolute Gasteiger partial charge is 0.481 e. The van der Waals surface area contributed by atoms with E-state index < -0.39 is 11.6 Å². The van der Waals surface area contributed by atoms with Crippen LogP contribution in [0.1, 0.15) is 36.6 Å². The fourth-order valence-corrected chi connectivity index (χ4v) is 4.50. The number of nitrogens with zero attached hydrogens (tertiary/aromatic N) is 3. The van der Waals surface area contributed by atoms with Crippen LogP contribution in [0.25, 0.3) is 16.7 Å². The number of ether oxygens (including phenoxy) is 1. The Labute approximate surface area is 186 Å². The first-order valence-corrected chi connectivity index (χ1v) is 11.0. The monoisotopic (exact) mass is 433 g/mol. The number of anilines is 1. The molecule has 0 spiro atoms. The summed E-state index contributed by atoms with van der Waals surface area (Å²) in [6, 6.07) is 11.3. The van der Waals surface area contributed by atoms with E-state index in [0.29, 0.717) is 23.3 Å². The van der Waals surface area contributed by atoms with Gasteiger partial charge in [-0.1, -0.05) is 31.2 Å². The Morgan fingerprint density at radius 3 is 2.47 bits per heavy atom. The second-order valence-electron chi connectivity index (χ2n) is 8.56. The number of fused-ring (bicyclic) bond motifs is 1. The molecule has 3 aromatic rings. The molecule has 1 fully saturated rings. The molecule has 5 rings (SSSR count). The summed E-state index contributed by atoms with van der Waals surface area (Å²) in [5.74, 6) is 0.738. The first-order chi connectivity index (χ1) is 15.5. The molecule has 1 saturated heterocycles. The zero-order valence-corrected chi connectivity index (χ0v) is 18.2. The molecule has 2 heterocycles. The SMILES string of the molecule is COc1cc(C2=CCc3ccc(-c4c(F)cccc4F)cc32)nc(N2CCC(C)CC2)n1. The molecule has 0 bridgehead atoms. The van der Waals surface area contributed by atoms with E-state index in [-0.39, 0.29) is 5.56 Å². The Kier molecular flexibility index (Phi) is 5.37. The highest BCUT2D eigenvalue weighted by molar-refractivity contribution is 5.86. The van der Waals surface area contributed by atoms with Crippen molar-refractivity contribution in [3.05, 3.63) is 77.0 Å². The zero-order valence-electron chi connectivity index (χ0n) is 18.2. The van der Waals surface area contributed by atoms with Crippen LogP contribution in [0.15, 0.2) is 48.5 Å². The molecule has 1 aliphatic carbocycles. The molecule has 2 aliphatic rings. The van der Waals surface area contributed by atoms with Crippen LogP contribution in [0.2, 0.25) is 0 Å². The number of benzene rings is 2. The fourth-order valence-electron chi connectivity index (χ4n) is 4.50. The van der Waals surface area contributed by atoms with Crippen LogP contribution < -0.4 is 9.64 Å². The Balaban J connectivity index is 1.55. The molecule has 0 atom stereocenters. The number of allylic oxidation sites excluding steroid dienone is 1. The van der Waals surface area contributed by atoms with Crippen molar-refractivity contribution in [3.63, 3.8) is 0 Å². The van der Waals surface area contributed by atoms with Crippen molar-refractivity contribution in [1.82, 2.24) is 9.97 Å². The molecule has 2 aromatic carbocycles. The Morgan fingerprint density at radius 2 is 1.75 bits per heavy atom. The van der Waals surface area contributed by atoms with E-state index in [1.165, 1.54) is 18.2 Å². The van der Waals surface area contributed by atoms with Crippen LogP contribution in [0.4, 0.5) is 14.7 Å². The van der Waals surface area contributed by atoms with Gasteiger partial charge in [0.05, 0.1) is 18.4 Å². The lowest BCUT2D eigenvalue weighted by Gasteiger charge is -2.30. The number of hydrogen-bond donors (Lipinski definition) is 0. The molecule has 0 unspecified atom stereocenters.